The topological polar surface area (TPSA) is 53.7 Å². The molecule has 4 heteroatoms. The summed E-state index contributed by atoms with van der Waals surface area (Å²) in [7, 11) is 0. The molecule has 2 N–H and O–H groups in total. The van der Waals surface area contributed by atoms with Crippen molar-refractivity contribution in [3.63, 3.8) is 0 Å². The van der Waals surface area contributed by atoms with Crippen molar-refractivity contribution in [2.24, 2.45) is 17.6 Å². The highest BCUT2D eigenvalue weighted by Crippen LogP contribution is 2.35. The molecular formula is C16H29NO3. The average Bonchev–Trinajstić information content (AvgIpc) is 2.93. The molecule has 1 saturated carbocycles. The van der Waals surface area contributed by atoms with Crippen LogP contribution in [-0.2, 0) is 14.2 Å². The first-order chi connectivity index (χ1) is 9.81. The Kier molecular flexibility index (Phi) is 4.97. The number of nitrogens with two attached hydrogens (primary N) is 1. The maximum atomic E-state index is 6.25. The molecule has 0 aromatic rings. The molecule has 2 heterocycles. The van der Waals surface area contributed by atoms with E-state index in [0.717, 1.165) is 52.2 Å². The van der Waals surface area contributed by atoms with Crippen LogP contribution >= 0.6 is 0 Å². The summed E-state index contributed by atoms with van der Waals surface area (Å²) in [6.07, 6.45) is 8.68. The Labute approximate surface area is 122 Å². The molecule has 0 bridgehead atoms. The van der Waals surface area contributed by atoms with Gasteiger partial charge >= 0.3 is 0 Å². The molecule has 3 fully saturated rings. The van der Waals surface area contributed by atoms with Gasteiger partial charge in [0.2, 0.25) is 0 Å². The second-order valence-electron chi connectivity index (χ2n) is 6.82. The van der Waals surface area contributed by atoms with Gasteiger partial charge in [-0.2, -0.15) is 0 Å². The maximum absolute atomic E-state index is 6.25. The third kappa shape index (κ3) is 3.35. The maximum Gasteiger partial charge on any atom is 0.0961 e. The Morgan fingerprint density at radius 1 is 1.10 bits per heavy atom. The standard InChI is InChI=1S/C16H29NO3/c17-10-13-3-1-2-4-14(13)11-19-15-5-7-20-16(9-15)6-8-18-12-16/h13-15H,1-12,17H2. The lowest BCUT2D eigenvalue weighted by molar-refractivity contribution is -0.139. The van der Waals surface area contributed by atoms with Crippen LogP contribution in [0.3, 0.4) is 0 Å². The zero-order valence-electron chi connectivity index (χ0n) is 12.5. The summed E-state index contributed by atoms with van der Waals surface area (Å²) < 4.78 is 17.7. The van der Waals surface area contributed by atoms with Crippen molar-refractivity contribution in [1.82, 2.24) is 0 Å². The van der Waals surface area contributed by atoms with Gasteiger partial charge in [0.05, 0.1) is 24.9 Å². The average molecular weight is 283 g/mol. The first-order valence-electron chi connectivity index (χ1n) is 8.35. The zero-order chi connectivity index (χ0) is 13.8. The van der Waals surface area contributed by atoms with Crippen molar-refractivity contribution in [1.29, 1.82) is 0 Å². The third-order valence-corrected chi connectivity index (χ3v) is 5.43. The van der Waals surface area contributed by atoms with Crippen LogP contribution in [0.25, 0.3) is 0 Å². The monoisotopic (exact) mass is 283 g/mol. The van der Waals surface area contributed by atoms with Crippen LogP contribution in [0.1, 0.15) is 44.9 Å². The van der Waals surface area contributed by atoms with Gasteiger partial charge < -0.3 is 19.9 Å². The minimum absolute atomic E-state index is 0.0389. The van der Waals surface area contributed by atoms with Gasteiger partial charge in [-0.25, -0.2) is 0 Å². The quantitative estimate of drug-likeness (QED) is 0.858. The summed E-state index contributed by atoms with van der Waals surface area (Å²) in [6.45, 7) is 4.12. The van der Waals surface area contributed by atoms with Crippen molar-refractivity contribution in [2.45, 2.75) is 56.7 Å². The molecule has 1 spiro atoms. The molecule has 3 aliphatic rings. The van der Waals surface area contributed by atoms with Crippen molar-refractivity contribution in [3.05, 3.63) is 0 Å². The molecule has 0 aromatic heterocycles. The molecule has 20 heavy (non-hydrogen) atoms. The number of ether oxygens (including phenoxy) is 3. The smallest absolute Gasteiger partial charge is 0.0961 e. The predicted octanol–water partition coefficient (Wildman–Crippen LogP) is 2.11. The van der Waals surface area contributed by atoms with Crippen LogP contribution in [-0.4, -0.2) is 44.7 Å². The van der Waals surface area contributed by atoms with E-state index in [1.54, 1.807) is 0 Å². The SMILES string of the molecule is NCC1CCCCC1COC1CCOC2(CCOC2)C1. The zero-order valence-corrected chi connectivity index (χ0v) is 12.5. The van der Waals surface area contributed by atoms with Crippen molar-refractivity contribution in [2.75, 3.05) is 33.0 Å². The second-order valence-corrected chi connectivity index (χ2v) is 6.82. The number of rotatable bonds is 4. The van der Waals surface area contributed by atoms with E-state index in [2.05, 4.69) is 0 Å². The van der Waals surface area contributed by atoms with Gasteiger partial charge in [-0.05, 0) is 37.6 Å². The van der Waals surface area contributed by atoms with Gasteiger partial charge in [-0.3, -0.25) is 0 Å². The van der Waals surface area contributed by atoms with E-state index in [9.17, 15) is 0 Å². The minimum atomic E-state index is -0.0389. The minimum Gasteiger partial charge on any atom is -0.378 e. The molecular weight excluding hydrogens is 254 g/mol. The van der Waals surface area contributed by atoms with Crippen molar-refractivity contribution < 1.29 is 14.2 Å². The Hall–Kier alpha value is -0.160. The summed E-state index contributed by atoms with van der Waals surface area (Å²) in [4.78, 5) is 0. The largest absolute Gasteiger partial charge is 0.378 e. The van der Waals surface area contributed by atoms with Crippen LogP contribution in [0.2, 0.25) is 0 Å². The van der Waals surface area contributed by atoms with E-state index >= 15 is 0 Å². The van der Waals surface area contributed by atoms with E-state index in [-0.39, 0.29) is 5.60 Å². The van der Waals surface area contributed by atoms with Crippen LogP contribution in [0.4, 0.5) is 0 Å². The molecule has 116 valence electrons. The highest BCUT2D eigenvalue weighted by atomic mass is 16.6. The summed E-state index contributed by atoms with van der Waals surface area (Å²) >= 11 is 0. The molecule has 4 nitrogen and oxygen atoms in total. The van der Waals surface area contributed by atoms with E-state index in [0.29, 0.717) is 17.9 Å². The molecule has 2 aliphatic heterocycles. The lowest BCUT2D eigenvalue weighted by Crippen LogP contribution is -2.44. The predicted molar refractivity (Wildman–Crippen MR) is 77.6 cm³/mol. The normalized spacial score (nSPS) is 42.1. The molecule has 0 radical (unpaired) electrons. The Morgan fingerprint density at radius 3 is 2.70 bits per heavy atom. The number of hydrogen-bond donors (Lipinski definition) is 1. The molecule has 3 rings (SSSR count). The lowest BCUT2D eigenvalue weighted by atomic mass is 9.79. The summed E-state index contributed by atoms with van der Waals surface area (Å²) in [5.41, 5.74) is 5.87. The fraction of sp³-hybridized carbons (Fsp3) is 1.00. The Bertz CT molecular complexity index is 304. The van der Waals surface area contributed by atoms with Crippen LogP contribution in [0, 0.1) is 11.8 Å². The first kappa shape index (κ1) is 14.8. The molecule has 2 saturated heterocycles. The summed E-state index contributed by atoms with van der Waals surface area (Å²) in [5.74, 6) is 1.35. The molecule has 4 atom stereocenters. The first-order valence-corrected chi connectivity index (χ1v) is 8.35. The van der Waals surface area contributed by atoms with Crippen molar-refractivity contribution >= 4 is 0 Å². The fourth-order valence-electron chi connectivity index (χ4n) is 4.06. The Morgan fingerprint density at radius 2 is 1.95 bits per heavy atom. The highest BCUT2D eigenvalue weighted by molar-refractivity contribution is 4.91. The van der Waals surface area contributed by atoms with Crippen LogP contribution in [0.15, 0.2) is 0 Å². The van der Waals surface area contributed by atoms with E-state index in [4.69, 9.17) is 19.9 Å². The van der Waals surface area contributed by atoms with Gasteiger partial charge in [0.15, 0.2) is 0 Å². The molecule has 0 amide bonds. The lowest BCUT2D eigenvalue weighted by Gasteiger charge is -2.38. The highest BCUT2D eigenvalue weighted by Gasteiger charge is 2.41. The van der Waals surface area contributed by atoms with E-state index in [1.807, 2.05) is 0 Å². The van der Waals surface area contributed by atoms with Gasteiger partial charge in [-0.1, -0.05) is 12.8 Å². The molecule has 0 aromatic carbocycles. The summed E-state index contributed by atoms with van der Waals surface area (Å²) in [6, 6.07) is 0. The van der Waals surface area contributed by atoms with Gasteiger partial charge in [0, 0.05) is 26.1 Å². The fourth-order valence-corrected chi connectivity index (χ4v) is 4.06. The van der Waals surface area contributed by atoms with E-state index < -0.39 is 0 Å². The third-order valence-electron chi connectivity index (χ3n) is 5.43. The van der Waals surface area contributed by atoms with E-state index in [1.165, 1.54) is 25.7 Å². The van der Waals surface area contributed by atoms with Crippen LogP contribution in [0.5, 0.6) is 0 Å². The summed E-state index contributed by atoms with van der Waals surface area (Å²) in [5, 5.41) is 0. The Balaban J connectivity index is 1.47. The molecule has 1 aliphatic carbocycles. The second kappa shape index (κ2) is 6.73. The van der Waals surface area contributed by atoms with Gasteiger partial charge in [0.25, 0.3) is 0 Å². The van der Waals surface area contributed by atoms with Gasteiger partial charge in [-0.15, -0.1) is 0 Å². The van der Waals surface area contributed by atoms with Gasteiger partial charge in [0.1, 0.15) is 0 Å². The molecule has 4 unspecified atom stereocenters. The number of hydrogen-bond acceptors (Lipinski definition) is 4. The van der Waals surface area contributed by atoms with Crippen LogP contribution < -0.4 is 5.73 Å². The van der Waals surface area contributed by atoms with Crippen molar-refractivity contribution in [3.8, 4) is 0 Å².